The van der Waals surface area contributed by atoms with E-state index in [1.807, 2.05) is 24.3 Å². The fraction of sp³-hybridized carbons (Fsp3) is 0.200. The van der Waals surface area contributed by atoms with Crippen LogP contribution < -0.4 is 4.74 Å². The monoisotopic (exact) mass is 370 g/mol. The van der Waals surface area contributed by atoms with Gasteiger partial charge in [0.1, 0.15) is 5.75 Å². The molecule has 0 amide bonds. The number of hydrogen-bond donors (Lipinski definition) is 0. The van der Waals surface area contributed by atoms with Crippen LogP contribution in [0.5, 0.6) is 5.75 Å². The summed E-state index contributed by atoms with van der Waals surface area (Å²) in [5.74, 6) is 0.739. The molecule has 4 nitrogen and oxygen atoms in total. The Bertz CT molecular complexity index is 696. The molecule has 0 aromatic heterocycles. The average molecular weight is 371 g/mol. The Hall–Kier alpha value is -1.37. The topological polar surface area (TPSA) is 52.6 Å². The minimum Gasteiger partial charge on any atom is -0.497 e. The number of rotatable bonds is 6. The summed E-state index contributed by atoms with van der Waals surface area (Å²) in [6.45, 7) is 0.0889. The van der Waals surface area contributed by atoms with Crippen molar-refractivity contribution in [2.24, 2.45) is 0 Å². The van der Waals surface area contributed by atoms with E-state index in [-0.39, 0.29) is 11.5 Å². The molecule has 0 saturated carbocycles. The molecular weight excluding hydrogens is 356 g/mol. The molecule has 6 heteroatoms. The Balaban J connectivity index is 1.97. The predicted molar refractivity (Wildman–Crippen MR) is 84.0 cm³/mol. The normalized spacial score (nSPS) is 11.3. The van der Waals surface area contributed by atoms with E-state index in [1.54, 1.807) is 19.2 Å². The largest absolute Gasteiger partial charge is 0.497 e. The first-order valence-electron chi connectivity index (χ1n) is 6.29. The zero-order chi connectivity index (χ0) is 15.3. The second kappa shape index (κ2) is 7.06. The number of ether oxygens (including phenoxy) is 1. The number of benzene rings is 2. The van der Waals surface area contributed by atoms with Gasteiger partial charge in [0, 0.05) is 4.47 Å². The molecule has 0 aliphatic heterocycles. The Kier molecular flexibility index (Phi) is 5.39. The third-order valence-electron chi connectivity index (χ3n) is 2.87. The van der Waals surface area contributed by atoms with E-state index in [0.717, 1.165) is 15.8 Å². The molecule has 2 rings (SSSR count). The van der Waals surface area contributed by atoms with Gasteiger partial charge in [-0.05, 0) is 48.4 Å². The predicted octanol–water partition coefficient (Wildman–Crippen LogP) is 3.41. The highest BCUT2D eigenvalue weighted by atomic mass is 79.9. The molecule has 0 heterocycles. The summed E-state index contributed by atoms with van der Waals surface area (Å²) < 4.78 is 35.0. The second-order valence-corrected chi connectivity index (χ2v) is 6.86. The Labute approximate surface area is 133 Å². The standard InChI is InChI=1S/C15H15BrO4S/c1-19-14-4-2-3-12(11-14)9-10-20-21(17,18)15-7-5-13(16)6-8-15/h2-8,11H,9-10H2,1H3. The van der Waals surface area contributed by atoms with E-state index >= 15 is 0 Å². The van der Waals surface area contributed by atoms with Crippen molar-refractivity contribution < 1.29 is 17.3 Å². The van der Waals surface area contributed by atoms with Gasteiger partial charge in [0.05, 0.1) is 18.6 Å². The van der Waals surface area contributed by atoms with Crippen LogP contribution in [0.2, 0.25) is 0 Å². The molecule has 112 valence electrons. The number of hydrogen-bond acceptors (Lipinski definition) is 4. The van der Waals surface area contributed by atoms with Crippen molar-refractivity contribution >= 4 is 26.0 Å². The third kappa shape index (κ3) is 4.56. The van der Waals surface area contributed by atoms with Gasteiger partial charge in [0.15, 0.2) is 0 Å². The van der Waals surface area contributed by atoms with Crippen LogP contribution in [0.1, 0.15) is 5.56 Å². The summed E-state index contributed by atoms with van der Waals surface area (Å²) in [6.07, 6.45) is 0.493. The summed E-state index contributed by atoms with van der Waals surface area (Å²) in [7, 11) is -2.12. The molecule has 21 heavy (non-hydrogen) atoms. The first-order chi connectivity index (χ1) is 10.0. The first-order valence-corrected chi connectivity index (χ1v) is 8.49. The van der Waals surface area contributed by atoms with Crippen LogP contribution in [0, 0.1) is 0 Å². The molecule has 0 N–H and O–H groups in total. The SMILES string of the molecule is COc1cccc(CCOS(=O)(=O)c2ccc(Br)cc2)c1. The van der Waals surface area contributed by atoms with Gasteiger partial charge in [-0.15, -0.1) is 0 Å². The van der Waals surface area contributed by atoms with E-state index in [9.17, 15) is 8.42 Å². The van der Waals surface area contributed by atoms with Crippen molar-refractivity contribution in [3.8, 4) is 5.75 Å². The van der Waals surface area contributed by atoms with E-state index in [2.05, 4.69) is 15.9 Å². The number of halogens is 1. The summed E-state index contributed by atoms with van der Waals surface area (Å²) in [4.78, 5) is 0.149. The van der Waals surface area contributed by atoms with Gasteiger partial charge >= 0.3 is 0 Å². The van der Waals surface area contributed by atoms with Gasteiger partial charge in [-0.3, -0.25) is 4.18 Å². The second-order valence-electron chi connectivity index (χ2n) is 4.33. The molecule has 0 spiro atoms. The van der Waals surface area contributed by atoms with Crippen molar-refractivity contribution in [3.63, 3.8) is 0 Å². The molecular formula is C15H15BrO4S. The fourth-order valence-electron chi connectivity index (χ4n) is 1.77. The molecule has 0 unspecified atom stereocenters. The molecule has 0 saturated heterocycles. The van der Waals surface area contributed by atoms with Gasteiger partial charge in [-0.1, -0.05) is 28.1 Å². The third-order valence-corrected chi connectivity index (χ3v) is 4.72. The van der Waals surface area contributed by atoms with Crippen molar-refractivity contribution in [1.82, 2.24) is 0 Å². The molecule has 0 radical (unpaired) electrons. The minimum atomic E-state index is -3.71. The van der Waals surface area contributed by atoms with Crippen LogP contribution in [0.25, 0.3) is 0 Å². The van der Waals surface area contributed by atoms with E-state index in [0.29, 0.717) is 6.42 Å². The lowest BCUT2D eigenvalue weighted by Crippen LogP contribution is -2.09. The maximum Gasteiger partial charge on any atom is 0.296 e. The lowest BCUT2D eigenvalue weighted by Gasteiger charge is -2.07. The van der Waals surface area contributed by atoms with Crippen LogP contribution >= 0.6 is 15.9 Å². The summed E-state index contributed by atoms with van der Waals surface area (Å²) in [6, 6.07) is 13.8. The minimum absolute atomic E-state index is 0.0889. The van der Waals surface area contributed by atoms with Crippen molar-refractivity contribution in [2.45, 2.75) is 11.3 Å². The van der Waals surface area contributed by atoms with Gasteiger partial charge in [-0.2, -0.15) is 8.42 Å². The number of methoxy groups -OCH3 is 1. The fourth-order valence-corrected chi connectivity index (χ4v) is 2.94. The lowest BCUT2D eigenvalue weighted by molar-refractivity contribution is 0.322. The van der Waals surface area contributed by atoms with E-state index in [1.165, 1.54) is 12.1 Å². The zero-order valence-corrected chi connectivity index (χ0v) is 13.9. The van der Waals surface area contributed by atoms with Gasteiger partial charge in [0.2, 0.25) is 0 Å². The van der Waals surface area contributed by atoms with E-state index < -0.39 is 10.1 Å². The summed E-state index contributed by atoms with van der Waals surface area (Å²) in [5, 5.41) is 0. The zero-order valence-electron chi connectivity index (χ0n) is 11.5. The molecule has 2 aromatic rings. The quantitative estimate of drug-likeness (QED) is 0.731. The maximum atomic E-state index is 12.0. The van der Waals surface area contributed by atoms with Crippen LogP contribution in [-0.2, 0) is 20.7 Å². The highest BCUT2D eigenvalue weighted by Gasteiger charge is 2.14. The van der Waals surface area contributed by atoms with E-state index in [4.69, 9.17) is 8.92 Å². The molecule has 0 fully saturated rings. The van der Waals surface area contributed by atoms with Crippen molar-refractivity contribution in [1.29, 1.82) is 0 Å². The lowest BCUT2D eigenvalue weighted by atomic mass is 10.1. The van der Waals surface area contributed by atoms with Gasteiger partial charge in [-0.25, -0.2) is 0 Å². The molecule has 0 bridgehead atoms. The van der Waals surface area contributed by atoms with Crippen LogP contribution in [0.4, 0.5) is 0 Å². The molecule has 2 aromatic carbocycles. The molecule has 0 atom stereocenters. The average Bonchev–Trinajstić information content (AvgIpc) is 2.48. The van der Waals surface area contributed by atoms with Gasteiger partial charge < -0.3 is 4.74 Å². The van der Waals surface area contributed by atoms with Crippen molar-refractivity contribution in [2.75, 3.05) is 13.7 Å². The van der Waals surface area contributed by atoms with Crippen LogP contribution in [-0.4, -0.2) is 22.1 Å². The summed E-state index contributed by atoms with van der Waals surface area (Å²) >= 11 is 3.26. The molecule has 0 aliphatic rings. The highest BCUT2D eigenvalue weighted by molar-refractivity contribution is 9.10. The molecule has 0 aliphatic carbocycles. The maximum absolute atomic E-state index is 12.0. The highest BCUT2D eigenvalue weighted by Crippen LogP contribution is 2.17. The smallest absolute Gasteiger partial charge is 0.296 e. The van der Waals surface area contributed by atoms with Crippen LogP contribution in [0.15, 0.2) is 57.9 Å². The Morgan fingerprint density at radius 2 is 1.81 bits per heavy atom. The van der Waals surface area contributed by atoms with Crippen LogP contribution in [0.3, 0.4) is 0 Å². The summed E-state index contributed by atoms with van der Waals surface area (Å²) in [5.41, 5.74) is 0.959. The first kappa shape index (κ1) is 16.0. The van der Waals surface area contributed by atoms with Crippen molar-refractivity contribution in [3.05, 3.63) is 58.6 Å². The Morgan fingerprint density at radius 3 is 2.48 bits per heavy atom. The Morgan fingerprint density at radius 1 is 1.10 bits per heavy atom. The van der Waals surface area contributed by atoms with Gasteiger partial charge in [0.25, 0.3) is 10.1 Å².